The van der Waals surface area contributed by atoms with Crippen LogP contribution in [0, 0.1) is 6.92 Å². The van der Waals surface area contributed by atoms with Crippen molar-refractivity contribution in [3.63, 3.8) is 0 Å². The normalized spacial score (nSPS) is 12.5. The summed E-state index contributed by atoms with van der Waals surface area (Å²) in [6, 6.07) is 15.9. The highest BCUT2D eigenvalue weighted by molar-refractivity contribution is 7.91. The van der Waals surface area contributed by atoms with Gasteiger partial charge in [-0.15, -0.1) is 0 Å². The summed E-state index contributed by atoms with van der Waals surface area (Å²) in [6.45, 7) is 5.54. The Morgan fingerprint density at radius 2 is 1.75 bits per heavy atom. The lowest BCUT2D eigenvalue weighted by atomic mass is 9.93. The Kier molecular flexibility index (Phi) is 3.96. The van der Waals surface area contributed by atoms with E-state index in [1.54, 1.807) is 20.0 Å². The molecule has 0 atom stereocenters. The number of benzene rings is 2. The Morgan fingerprint density at radius 3 is 2.42 bits per heavy atom. The first-order valence-electron chi connectivity index (χ1n) is 7.86. The summed E-state index contributed by atoms with van der Waals surface area (Å²) in [7, 11) is -3.25. The van der Waals surface area contributed by atoms with E-state index in [2.05, 4.69) is 11.1 Å². The largest absolute Gasteiger partial charge is 0.256 e. The molecule has 0 aliphatic rings. The monoisotopic (exact) mass is 339 g/mol. The SMILES string of the molecule is Cc1cccc(-c2cc(C(C)(C)S(C)(=O)=O)cc3cccnc23)c1. The lowest BCUT2D eigenvalue weighted by Crippen LogP contribution is -2.28. The molecule has 4 heteroatoms. The summed E-state index contributed by atoms with van der Waals surface area (Å²) in [5, 5.41) is 0.947. The third-order valence-corrected chi connectivity index (χ3v) is 6.75. The predicted octanol–water partition coefficient (Wildman–Crippen LogP) is 4.49. The van der Waals surface area contributed by atoms with Crippen LogP contribution in [0.25, 0.3) is 22.0 Å². The third kappa shape index (κ3) is 2.82. The van der Waals surface area contributed by atoms with Crippen LogP contribution < -0.4 is 0 Å². The molecule has 0 amide bonds. The lowest BCUT2D eigenvalue weighted by Gasteiger charge is -2.24. The van der Waals surface area contributed by atoms with Gasteiger partial charge in [-0.2, -0.15) is 0 Å². The molecule has 0 saturated carbocycles. The van der Waals surface area contributed by atoms with Crippen LogP contribution in [0.3, 0.4) is 0 Å². The van der Waals surface area contributed by atoms with E-state index in [0.717, 1.165) is 33.2 Å². The molecule has 0 N–H and O–H groups in total. The molecule has 24 heavy (non-hydrogen) atoms. The van der Waals surface area contributed by atoms with Crippen LogP contribution in [0.4, 0.5) is 0 Å². The molecule has 0 bridgehead atoms. The molecule has 0 spiro atoms. The van der Waals surface area contributed by atoms with Crippen LogP contribution in [0.15, 0.2) is 54.7 Å². The van der Waals surface area contributed by atoms with E-state index in [9.17, 15) is 8.42 Å². The second-order valence-corrected chi connectivity index (χ2v) is 9.32. The predicted molar refractivity (Wildman–Crippen MR) is 99.8 cm³/mol. The van der Waals surface area contributed by atoms with E-state index in [0.29, 0.717) is 0 Å². The second-order valence-electron chi connectivity index (χ2n) is 6.75. The number of aryl methyl sites for hydroxylation is 1. The van der Waals surface area contributed by atoms with Gasteiger partial charge < -0.3 is 0 Å². The quantitative estimate of drug-likeness (QED) is 0.706. The number of pyridine rings is 1. The summed E-state index contributed by atoms with van der Waals surface area (Å²) >= 11 is 0. The number of sulfone groups is 1. The topological polar surface area (TPSA) is 47.0 Å². The van der Waals surface area contributed by atoms with Gasteiger partial charge in [-0.3, -0.25) is 4.98 Å². The number of hydrogen-bond donors (Lipinski definition) is 0. The van der Waals surface area contributed by atoms with Crippen LogP contribution in [-0.2, 0) is 14.6 Å². The highest BCUT2D eigenvalue weighted by Gasteiger charge is 2.33. The van der Waals surface area contributed by atoms with Gasteiger partial charge in [0.05, 0.1) is 10.3 Å². The molecule has 3 aromatic rings. The third-order valence-electron chi connectivity index (χ3n) is 4.66. The van der Waals surface area contributed by atoms with Crippen molar-refractivity contribution >= 4 is 20.7 Å². The van der Waals surface area contributed by atoms with Crippen molar-refractivity contribution in [2.45, 2.75) is 25.5 Å². The molecule has 0 aliphatic carbocycles. The van der Waals surface area contributed by atoms with Crippen molar-refractivity contribution in [1.29, 1.82) is 0 Å². The van der Waals surface area contributed by atoms with Crippen molar-refractivity contribution in [1.82, 2.24) is 4.98 Å². The number of rotatable bonds is 3. The summed E-state index contributed by atoms with van der Waals surface area (Å²) in [5.41, 5.74) is 4.83. The molecular weight excluding hydrogens is 318 g/mol. The van der Waals surface area contributed by atoms with E-state index in [1.807, 2.05) is 49.4 Å². The van der Waals surface area contributed by atoms with Gasteiger partial charge in [-0.25, -0.2) is 8.42 Å². The highest BCUT2D eigenvalue weighted by Crippen LogP contribution is 2.36. The summed E-state index contributed by atoms with van der Waals surface area (Å²) < 4.78 is 23.6. The number of aromatic nitrogens is 1. The molecule has 2 aromatic carbocycles. The Labute approximate surface area is 143 Å². The maximum atomic E-state index is 12.3. The Bertz CT molecular complexity index is 1020. The van der Waals surface area contributed by atoms with Crippen molar-refractivity contribution in [2.24, 2.45) is 0 Å². The van der Waals surface area contributed by atoms with Gasteiger partial charge in [-0.1, -0.05) is 35.9 Å². The standard InChI is InChI=1S/C20H21NO2S/c1-14-7-5-8-15(11-14)18-13-17(20(2,3)24(4,22)23)12-16-9-6-10-21-19(16)18/h5-13H,1-4H3. The highest BCUT2D eigenvalue weighted by atomic mass is 32.2. The lowest BCUT2D eigenvalue weighted by molar-refractivity contribution is 0.561. The van der Waals surface area contributed by atoms with Crippen molar-refractivity contribution in [2.75, 3.05) is 6.26 Å². The first kappa shape index (κ1) is 16.7. The number of hydrogen-bond acceptors (Lipinski definition) is 3. The van der Waals surface area contributed by atoms with Crippen LogP contribution in [-0.4, -0.2) is 19.7 Å². The maximum Gasteiger partial charge on any atom is 0.156 e. The average molecular weight is 339 g/mol. The van der Waals surface area contributed by atoms with Gasteiger partial charge in [-0.05, 0) is 50.1 Å². The fraction of sp³-hybridized carbons (Fsp3) is 0.250. The maximum absolute atomic E-state index is 12.3. The Morgan fingerprint density at radius 1 is 1.00 bits per heavy atom. The average Bonchev–Trinajstić information content (AvgIpc) is 2.52. The fourth-order valence-corrected chi connectivity index (χ4v) is 3.33. The van der Waals surface area contributed by atoms with Crippen molar-refractivity contribution in [3.05, 3.63) is 65.9 Å². The first-order chi connectivity index (χ1) is 11.2. The first-order valence-corrected chi connectivity index (χ1v) is 9.75. The van der Waals surface area contributed by atoms with Crippen molar-refractivity contribution < 1.29 is 8.42 Å². The number of fused-ring (bicyclic) bond motifs is 1. The van der Waals surface area contributed by atoms with Crippen LogP contribution in [0.2, 0.25) is 0 Å². The van der Waals surface area contributed by atoms with Crippen LogP contribution >= 0.6 is 0 Å². The molecule has 1 aromatic heterocycles. The number of nitrogens with zero attached hydrogens (tertiary/aromatic N) is 1. The molecule has 3 rings (SSSR count). The minimum atomic E-state index is -3.25. The minimum Gasteiger partial charge on any atom is -0.256 e. The molecule has 0 aliphatic heterocycles. The summed E-state index contributed by atoms with van der Waals surface area (Å²) in [4.78, 5) is 4.52. The molecule has 0 unspecified atom stereocenters. The van der Waals surface area contributed by atoms with E-state index < -0.39 is 14.6 Å². The zero-order valence-electron chi connectivity index (χ0n) is 14.4. The second kappa shape index (κ2) is 5.71. The Balaban J connectivity index is 2.37. The molecule has 0 fully saturated rings. The fourth-order valence-electron chi connectivity index (χ4n) is 2.79. The van der Waals surface area contributed by atoms with Gasteiger partial charge >= 0.3 is 0 Å². The van der Waals surface area contributed by atoms with Crippen molar-refractivity contribution in [3.8, 4) is 11.1 Å². The van der Waals surface area contributed by atoms with E-state index >= 15 is 0 Å². The van der Waals surface area contributed by atoms with Crippen LogP contribution in [0.5, 0.6) is 0 Å². The Hall–Kier alpha value is -2.20. The molecule has 0 radical (unpaired) electrons. The van der Waals surface area contributed by atoms with Gasteiger partial charge in [0.15, 0.2) is 9.84 Å². The van der Waals surface area contributed by atoms with E-state index in [1.165, 1.54) is 6.26 Å². The van der Waals surface area contributed by atoms with Gasteiger partial charge in [0.1, 0.15) is 0 Å². The van der Waals surface area contributed by atoms with Gasteiger partial charge in [0.25, 0.3) is 0 Å². The smallest absolute Gasteiger partial charge is 0.156 e. The minimum absolute atomic E-state index is 0.780. The molecule has 124 valence electrons. The molecule has 1 heterocycles. The zero-order valence-corrected chi connectivity index (χ0v) is 15.2. The molecular formula is C20H21NO2S. The zero-order chi connectivity index (χ0) is 17.5. The van der Waals surface area contributed by atoms with E-state index in [-0.39, 0.29) is 0 Å². The summed E-state index contributed by atoms with van der Waals surface area (Å²) in [5.74, 6) is 0. The van der Waals surface area contributed by atoms with Gasteiger partial charge in [0.2, 0.25) is 0 Å². The van der Waals surface area contributed by atoms with Crippen LogP contribution in [0.1, 0.15) is 25.0 Å². The van der Waals surface area contributed by atoms with E-state index in [4.69, 9.17) is 0 Å². The van der Waals surface area contributed by atoms with Gasteiger partial charge in [0, 0.05) is 23.4 Å². The summed E-state index contributed by atoms with van der Waals surface area (Å²) in [6.07, 6.45) is 3.05. The molecule has 3 nitrogen and oxygen atoms in total. The molecule has 0 saturated heterocycles.